The highest BCUT2D eigenvalue weighted by molar-refractivity contribution is 7.25. The van der Waals surface area contributed by atoms with Crippen LogP contribution in [0.25, 0.3) is 93.0 Å². The normalized spacial score (nSPS) is 11.8. The first-order valence-electron chi connectivity index (χ1n) is 23.3. The molecule has 10 aromatic carbocycles. The number of benzene rings is 10. The molecule has 0 aliphatic carbocycles. The zero-order valence-electron chi connectivity index (χ0n) is 37.4. The Labute approximate surface area is 405 Å². The molecule has 4 nitrogen and oxygen atoms in total. The second-order valence-electron chi connectivity index (χ2n) is 17.5. The van der Waals surface area contributed by atoms with Crippen LogP contribution in [0.1, 0.15) is 0 Å². The lowest BCUT2D eigenvalue weighted by molar-refractivity contribution is 1.06. The fourth-order valence-electron chi connectivity index (χ4n) is 10.5. The van der Waals surface area contributed by atoms with Gasteiger partial charge in [0.05, 0.1) is 16.7 Å². The van der Waals surface area contributed by atoms with Crippen molar-refractivity contribution in [1.82, 2.24) is 19.5 Å². The zero-order valence-corrected chi connectivity index (χ0v) is 39.3. The molecule has 3 heterocycles. The first kappa shape index (κ1) is 40.7. The third-order valence-corrected chi connectivity index (χ3v) is 19.5. The van der Waals surface area contributed by atoms with Crippen LogP contribution in [0.15, 0.2) is 255 Å². The number of hydrogen-bond donors (Lipinski definition) is 0. The summed E-state index contributed by atoms with van der Waals surface area (Å²) >= 11 is 1.84. The van der Waals surface area contributed by atoms with Crippen molar-refractivity contribution < 1.29 is 0 Å². The summed E-state index contributed by atoms with van der Waals surface area (Å²) in [4.78, 5) is 16.4. The molecule has 0 atom stereocenters. The lowest BCUT2D eigenvalue weighted by Gasteiger charge is -2.34. The van der Waals surface area contributed by atoms with Gasteiger partial charge in [-0.05, 0) is 80.4 Å². The summed E-state index contributed by atoms with van der Waals surface area (Å²) in [5.41, 5.74) is 8.26. The Bertz CT molecular complexity index is 3880. The number of nitrogens with zero attached hydrogens (tertiary/aromatic N) is 4. The van der Waals surface area contributed by atoms with Gasteiger partial charge in [-0.25, -0.2) is 15.0 Å². The van der Waals surface area contributed by atoms with Crippen molar-refractivity contribution in [3.63, 3.8) is 0 Å². The van der Waals surface area contributed by atoms with Crippen molar-refractivity contribution in [2.45, 2.75) is 0 Å². The van der Waals surface area contributed by atoms with E-state index < -0.39 is 8.07 Å². The molecule has 0 saturated heterocycles. The number of fused-ring (bicyclic) bond motifs is 6. The Kier molecular flexibility index (Phi) is 10.00. The molecule has 0 aliphatic heterocycles. The minimum atomic E-state index is -2.87. The SMILES string of the molecule is c1ccc([Si](c2ccccc2)(c2ccccc2)c2cccc(-c3nc(-c4cccc(-c5ccc6sc7ccccc7c6c5)c4)nc(-c4ccccc4-n4c5ccccc5c5ccccc54)n3)c2)cc1. The van der Waals surface area contributed by atoms with Gasteiger partial charge in [-0.3, -0.25) is 0 Å². The molecule has 13 rings (SSSR count). The molecule has 0 aliphatic rings. The first-order chi connectivity index (χ1) is 34.2. The quantitative estimate of drug-likeness (QED) is 0.107. The van der Waals surface area contributed by atoms with E-state index >= 15 is 0 Å². The van der Waals surface area contributed by atoms with Crippen LogP contribution in [-0.2, 0) is 0 Å². The van der Waals surface area contributed by atoms with Gasteiger partial charge >= 0.3 is 0 Å². The summed E-state index contributed by atoms with van der Waals surface area (Å²) in [5.74, 6) is 1.83. The van der Waals surface area contributed by atoms with Crippen molar-refractivity contribution in [1.29, 1.82) is 0 Å². The van der Waals surface area contributed by atoms with Crippen LogP contribution in [0.4, 0.5) is 0 Å². The second kappa shape index (κ2) is 17.0. The molecular weight excluding hydrogens is 873 g/mol. The minimum absolute atomic E-state index is 0.604. The third kappa shape index (κ3) is 6.91. The predicted octanol–water partition coefficient (Wildman–Crippen LogP) is 13.4. The Morgan fingerprint density at radius 3 is 1.42 bits per heavy atom. The van der Waals surface area contributed by atoms with Crippen LogP contribution in [0.5, 0.6) is 0 Å². The number of rotatable bonds is 9. The third-order valence-electron chi connectivity index (χ3n) is 13.6. The summed E-state index contributed by atoms with van der Waals surface area (Å²) in [6.45, 7) is 0. The smallest absolute Gasteiger partial charge is 0.179 e. The molecule has 0 N–H and O–H groups in total. The van der Waals surface area contributed by atoms with Crippen LogP contribution < -0.4 is 20.7 Å². The molecule has 0 radical (unpaired) electrons. The van der Waals surface area contributed by atoms with Crippen LogP contribution in [0, 0.1) is 0 Å². The largest absolute Gasteiger partial charge is 0.309 e. The fourth-order valence-corrected chi connectivity index (χ4v) is 16.4. The van der Waals surface area contributed by atoms with E-state index in [0.29, 0.717) is 17.5 Å². The number of para-hydroxylation sites is 3. The molecule has 0 unspecified atom stereocenters. The standard InChI is InChI=1S/C63H42N4SSi/c1-4-23-47(24-5-1)69(48-25-6-2-7-26-48,49-27-8-3-9-28-49)50-29-19-22-46(41-50)62-64-61(45-21-18-20-43(40-45)44-38-39-60-55(42-44)53-32-13-17-37-59(53)68-60)65-63(66-62)54-33-12-16-36-58(54)67-56-34-14-10-30-51(56)52-31-11-15-35-57(52)67/h1-42H. The van der Waals surface area contributed by atoms with Gasteiger partial charge in [-0.15, -0.1) is 11.3 Å². The molecule has 69 heavy (non-hydrogen) atoms. The summed E-state index contributed by atoms with van der Waals surface area (Å²) in [5, 5.41) is 10.1. The highest BCUT2D eigenvalue weighted by atomic mass is 32.1. The summed E-state index contributed by atoms with van der Waals surface area (Å²) < 4.78 is 4.93. The highest BCUT2D eigenvalue weighted by Gasteiger charge is 2.41. The van der Waals surface area contributed by atoms with Gasteiger partial charge in [0.15, 0.2) is 25.5 Å². The van der Waals surface area contributed by atoms with Gasteiger partial charge in [-0.2, -0.15) is 0 Å². The van der Waals surface area contributed by atoms with Crippen LogP contribution in [0.2, 0.25) is 0 Å². The second-order valence-corrected chi connectivity index (χ2v) is 22.4. The van der Waals surface area contributed by atoms with E-state index in [2.05, 4.69) is 259 Å². The number of thiophene rings is 1. The lowest BCUT2D eigenvalue weighted by Crippen LogP contribution is -2.74. The maximum Gasteiger partial charge on any atom is 0.179 e. The molecule has 0 saturated carbocycles. The van der Waals surface area contributed by atoms with Crippen molar-refractivity contribution >= 4 is 82.1 Å². The first-order valence-corrected chi connectivity index (χ1v) is 26.2. The van der Waals surface area contributed by atoms with E-state index in [1.165, 1.54) is 51.7 Å². The summed E-state index contributed by atoms with van der Waals surface area (Å²) in [7, 11) is -2.87. The van der Waals surface area contributed by atoms with E-state index in [1.54, 1.807) is 0 Å². The molecule has 3 aromatic heterocycles. The average Bonchev–Trinajstić information content (AvgIpc) is 3.97. The average molecular weight is 915 g/mol. The number of hydrogen-bond acceptors (Lipinski definition) is 4. The van der Waals surface area contributed by atoms with E-state index in [0.717, 1.165) is 44.5 Å². The Morgan fingerprint density at radius 2 is 0.768 bits per heavy atom. The van der Waals surface area contributed by atoms with Crippen LogP contribution in [0.3, 0.4) is 0 Å². The molecule has 0 fully saturated rings. The van der Waals surface area contributed by atoms with Gasteiger partial charge in [0.2, 0.25) is 0 Å². The van der Waals surface area contributed by atoms with Gasteiger partial charge in [-0.1, -0.05) is 206 Å². The number of aromatic nitrogens is 4. The van der Waals surface area contributed by atoms with E-state index in [1.807, 2.05) is 11.3 Å². The minimum Gasteiger partial charge on any atom is -0.309 e. The van der Waals surface area contributed by atoms with Crippen LogP contribution in [-0.4, -0.2) is 27.6 Å². The lowest BCUT2D eigenvalue weighted by atomic mass is 10.0. The zero-order chi connectivity index (χ0) is 45.7. The highest BCUT2D eigenvalue weighted by Crippen LogP contribution is 2.39. The maximum absolute atomic E-state index is 5.49. The molecular formula is C63H42N4SSi. The fraction of sp³-hybridized carbons (Fsp3) is 0. The molecule has 13 aromatic rings. The van der Waals surface area contributed by atoms with Crippen molar-refractivity contribution in [2.75, 3.05) is 0 Å². The van der Waals surface area contributed by atoms with Gasteiger partial charge in [0.1, 0.15) is 0 Å². The van der Waals surface area contributed by atoms with Gasteiger partial charge in [0, 0.05) is 47.6 Å². The molecule has 324 valence electrons. The maximum atomic E-state index is 5.49. The molecule has 6 heteroatoms. The van der Waals surface area contributed by atoms with Crippen molar-refractivity contribution in [2.24, 2.45) is 0 Å². The molecule has 0 spiro atoms. The van der Waals surface area contributed by atoms with Crippen molar-refractivity contribution in [3.8, 4) is 51.0 Å². The Morgan fingerprint density at radius 1 is 0.304 bits per heavy atom. The topological polar surface area (TPSA) is 43.6 Å². The summed E-state index contributed by atoms with van der Waals surface area (Å²) in [6.07, 6.45) is 0. The Hall–Kier alpha value is -8.55. The monoisotopic (exact) mass is 914 g/mol. The van der Waals surface area contributed by atoms with E-state index in [9.17, 15) is 0 Å². The van der Waals surface area contributed by atoms with Crippen LogP contribution >= 0.6 is 11.3 Å². The van der Waals surface area contributed by atoms with E-state index in [4.69, 9.17) is 15.0 Å². The predicted molar refractivity (Wildman–Crippen MR) is 292 cm³/mol. The summed E-state index contributed by atoms with van der Waals surface area (Å²) in [6, 6.07) is 92.0. The molecule has 0 bridgehead atoms. The Balaban J connectivity index is 1.04. The van der Waals surface area contributed by atoms with E-state index in [-0.39, 0.29) is 0 Å². The van der Waals surface area contributed by atoms with Crippen molar-refractivity contribution in [3.05, 3.63) is 255 Å². The van der Waals surface area contributed by atoms with Gasteiger partial charge < -0.3 is 4.57 Å². The molecule has 0 amide bonds. The van der Waals surface area contributed by atoms with Gasteiger partial charge in [0.25, 0.3) is 0 Å².